The van der Waals surface area contributed by atoms with Gasteiger partial charge in [-0.1, -0.05) is 0 Å². The molecule has 0 aliphatic heterocycles. The molecular formula is C12H24O3. The van der Waals surface area contributed by atoms with Crippen LogP contribution in [0.25, 0.3) is 0 Å². The standard InChI is InChI=1S/C7H12O2.C5H12O/c1-7(9)5-3-2-4-6-8;1-5(2,3)6-4/h6H,2-5H2,1H3;1-4H3. The molecule has 0 aromatic carbocycles. The van der Waals surface area contributed by atoms with Crippen LogP contribution in [0.3, 0.4) is 0 Å². The fourth-order valence-electron chi connectivity index (χ4n) is 0.602. The Labute approximate surface area is 93.2 Å². The van der Waals surface area contributed by atoms with E-state index in [1.165, 1.54) is 0 Å². The Morgan fingerprint density at radius 2 is 1.73 bits per heavy atom. The number of methoxy groups -OCH3 is 1. The van der Waals surface area contributed by atoms with Gasteiger partial charge in [-0.3, -0.25) is 0 Å². The number of aldehydes is 1. The number of Topliss-reactive ketones (excluding diaryl/α,β-unsaturated/α-hetero) is 1. The van der Waals surface area contributed by atoms with Crippen molar-refractivity contribution in [1.29, 1.82) is 0 Å². The molecule has 0 atom stereocenters. The molecule has 15 heavy (non-hydrogen) atoms. The molecule has 0 fully saturated rings. The van der Waals surface area contributed by atoms with E-state index in [2.05, 4.69) is 0 Å². The van der Waals surface area contributed by atoms with Gasteiger partial charge in [0.05, 0.1) is 5.60 Å². The first kappa shape index (κ1) is 16.7. The summed E-state index contributed by atoms with van der Waals surface area (Å²) < 4.78 is 4.94. The minimum Gasteiger partial charge on any atom is -0.379 e. The second-order valence-electron chi connectivity index (χ2n) is 4.43. The van der Waals surface area contributed by atoms with Crippen molar-refractivity contribution >= 4 is 12.1 Å². The lowest BCUT2D eigenvalue weighted by atomic mass is 10.1. The molecule has 3 nitrogen and oxygen atoms in total. The molecule has 3 heteroatoms. The van der Waals surface area contributed by atoms with Crippen LogP contribution in [0.15, 0.2) is 0 Å². The highest BCUT2D eigenvalue weighted by molar-refractivity contribution is 5.75. The van der Waals surface area contributed by atoms with Crippen LogP contribution in [0.5, 0.6) is 0 Å². The summed E-state index contributed by atoms with van der Waals surface area (Å²) in [5, 5.41) is 0. The zero-order valence-electron chi connectivity index (χ0n) is 10.6. The van der Waals surface area contributed by atoms with Crippen molar-refractivity contribution < 1.29 is 14.3 Å². The summed E-state index contributed by atoms with van der Waals surface area (Å²) in [5.41, 5.74) is 0.0417. The topological polar surface area (TPSA) is 43.4 Å². The van der Waals surface area contributed by atoms with Gasteiger partial charge in [-0.05, 0) is 40.5 Å². The lowest BCUT2D eigenvalue weighted by molar-refractivity contribution is -0.117. The van der Waals surface area contributed by atoms with Gasteiger partial charge in [0.1, 0.15) is 12.1 Å². The smallest absolute Gasteiger partial charge is 0.129 e. The minimum atomic E-state index is 0.0417. The Morgan fingerprint density at radius 1 is 1.27 bits per heavy atom. The lowest BCUT2D eigenvalue weighted by Gasteiger charge is -2.14. The molecule has 0 saturated carbocycles. The summed E-state index contributed by atoms with van der Waals surface area (Å²) in [6, 6.07) is 0. The molecule has 0 aromatic heterocycles. The maximum Gasteiger partial charge on any atom is 0.129 e. The number of unbranched alkanes of at least 4 members (excludes halogenated alkanes) is 2. The van der Waals surface area contributed by atoms with Crippen LogP contribution in [0.2, 0.25) is 0 Å². The maximum absolute atomic E-state index is 10.3. The number of hydrogen-bond acceptors (Lipinski definition) is 3. The highest BCUT2D eigenvalue weighted by Crippen LogP contribution is 2.02. The van der Waals surface area contributed by atoms with Gasteiger partial charge in [-0.15, -0.1) is 0 Å². The number of rotatable bonds is 5. The molecule has 0 aliphatic rings. The monoisotopic (exact) mass is 216 g/mol. The maximum atomic E-state index is 10.3. The summed E-state index contributed by atoms with van der Waals surface area (Å²) in [6.45, 7) is 7.63. The van der Waals surface area contributed by atoms with Gasteiger partial charge < -0.3 is 14.3 Å². The van der Waals surface area contributed by atoms with Gasteiger partial charge in [0, 0.05) is 20.0 Å². The normalized spacial score (nSPS) is 10.2. The molecule has 0 spiro atoms. The van der Waals surface area contributed by atoms with Gasteiger partial charge in [-0.2, -0.15) is 0 Å². The molecule has 0 heterocycles. The van der Waals surface area contributed by atoms with Gasteiger partial charge in [0.2, 0.25) is 0 Å². The number of ketones is 1. The zero-order chi connectivity index (χ0) is 12.3. The molecule has 0 aliphatic carbocycles. The largest absolute Gasteiger partial charge is 0.379 e. The van der Waals surface area contributed by atoms with Crippen molar-refractivity contribution in [1.82, 2.24) is 0 Å². The first-order chi connectivity index (χ1) is 6.83. The third-order valence-electron chi connectivity index (χ3n) is 1.71. The van der Waals surface area contributed by atoms with Gasteiger partial charge in [-0.25, -0.2) is 0 Å². The molecule has 0 unspecified atom stereocenters. The fraction of sp³-hybridized carbons (Fsp3) is 0.833. The Bertz CT molecular complexity index is 168. The Balaban J connectivity index is 0. The second-order valence-corrected chi connectivity index (χ2v) is 4.43. The van der Waals surface area contributed by atoms with Crippen molar-refractivity contribution in [3.8, 4) is 0 Å². The van der Waals surface area contributed by atoms with Crippen LogP contribution in [-0.4, -0.2) is 24.8 Å². The van der Waals surface area contributed by atoms with Crippen molar-refractivity contribution in [3.63, 3.8) is 0 Å². The van der Waals surface area contributed by atoms with Crippen LogP contribution >= 0.6 is 0 Å². The molecule has 0 rings (SSSR count). The van der Waals surface area contributed by atoms with E-state index >= 15 is 0 Å². The zero-order valence-corrected chi connectivity index (χ0v) is 10.6. The molecule has 0 aromatic rings. The van der Waals surface area contributed by atoms with Crippen LogP contribution < -0.4 is 0 Å². The summed E-state index contributed by atoms with van der Waals surface area (Å²) in [5.74, 6) is 0.209. The van der Waals surface area contributed by atoms with E-state index in [0.717, 1.165) is 19.1 Å². The van der Waals surface area contributed by atoms with E-state index in [1.54, 1.807) is 14.0 Å². The van der Waals surface area contributed by atoms with Crippen LogP contribution in [0, 0.1) is 0 Å². The third kappa shape index (κ3) is 24.7. The number of hydrogen-bond donors (Lipinski definition) is 0. The van der Waals surface area contributed by atoms with Gasteiger partial charge in [0.15, 0.2) is 0 Å². The van der Waals surface area contributed by atoms with E-state index in [4.69, 9.17) is 4.74 Å². The fourth-order valence-corrected chi connectivity index (χ4v) is 0.602. The van der Waals surface area contributed by atoms with E-state index < -0.39 is 0 Å². The Hall–Kier alpha value is -0.700. The van der Waals surface area contributed by atoms with Crippen LogP contribution in [0.1, 0.15) is 53.4 Å². The average molecular weight is 216 g/mol. The molecule has 90 valence electrons. The molecule has 0 radical (unpaired) electrons. The lowest BCUT2D eigenvalue weighted by Crippen LogP contribution is -2.15. The van der Waals surface area contributed by atoms with E-state index in [0.29, 0.717) is 12.8 Å². The predicted molar refractivity (Wildman–Crippen MR) is 62.0 cm³/mol. The molecule has 0 amide bonds. The van der Waals surface area contributed by atoms with Crippen LogP contribution in [-0.2, 0) is 14.3 Å². The third-order valence-corrected chi connectivity index (χ3v) is 1.71. The molecule has 0 N–H and O–H groups in total. The molecule has 0 saturated heterocycles. The number of carbonyl (C=O) groups is 2. The first-order valence-electron chi connectivity index (χ1n) is 5.31. The number of carbonyl (C=O) groups excluding carboxylic acids is 2. The van der Waals surface area contributed by atoms with Crippen molar-refractivity contribution in [3.05, 3.63) is 0 Å². The Morgan fingerprint density at radius 3 is 2.00 bits per heavy atom. The predicted octanol–water partition coefficient (Wildman–Crippen LogP) is 2.77. The van der Waals surface area contributed by atoms with Crippen molar-refractivity contribution in [2.24, 2.45) is 0 Å². The van der Waals surface area contributed by atoms with E-state index in [-0.39, 0.29) is 11.4 Å². The van der Waals surface area contributed by atoms with Gasteiger partial charge in [0.25, 0.3) is 0 Å². The second kappa shape index (κ2) is 9.84. The summed E-state index contributed by atoms with van der Waals surface area (Å²) in [4.78, 5) is 20.1. The number of ether oxygens (including phenoxy) is 1. The average Bonchev–Trinajstić information content (AvgIpc) is 2.12. The summed E-state index contributed by atoms with van der Waals surface area (Å²) >= 11 is 0. The highest BCUT2D eigenvalue weighted by atomic mass is 16.5. The van der Waals surface area contributed by atoms with Gasteiger partial charge >= 0.3 is 0 Å². The minimum absolute atomic E-state index is 0.0417. The first-order valence-corrected chi connectivity index (χ1v) is 5.31. The van der Waals surface area contributed by atoms with Crippen molar-refractivity contribution in [2.45, 2.75) is 59.0 Å². The van der Waals surface area contributed by atoms with Crippen LogP contribution in [0.4, 0.5) is 0 Å². The quantitative estimate of drug-likeness (QED) is 0.524. The van der Waals surface area contributed by atoms with Crippen molar-refractivity contribution in [2.75, 3.05) is 7.11 Å². The summed E-state index contributed by atoms with van der Waals surface area (Å²) in [7, 11) is 1.71. The SMILES string of the molecule is CC(=O)CCCCC=O.COC(C)(C)C. The Kier molecular flexibility index (Phi) is 11.0. The molecular weight excluding hydrogens is 192 g/mol. The molecule has 0 bridgehead atoms. The van der Waals surface area contributed by atoms with E-state index in [9.17, 15) is 9.59 Å². The van der Waals surface area contributed by atoms with E-state index in [1.807, 2.05) is 20.8 Å². The summed E-state index contributed by atoms with van der Waals surface area (Å²) in [6.07, 6.45) is 3.80. The highest BCUT2D eigenvalue weighted by Gasteiger charge is 2.04.